The average molecular weight is 366 g/mol. The van der Waals surface area contributed by atoms with Crippen molar-refractivity contribution >= 4 is 27.5 Å². The van der Waals surface area contributed by atoms with E-state index in [1.54, 1.807) is 38.5 Å². The van der Waals surface area contributed by atoms with Crippen molar-refractivity contribution in [1.82, 2.24) is 0 Å². The Kier molecular flexibility index (Phi) is 5.66. The minimum atomic E-state index is -0.250. The van der Waals surface area contributed by atoms with Gasteiger partial charge in [-0.05, 0) is 18.2 Å². The van der Waals surface area contributed by atoms with Crippen molar-refractivity contribution < 1.29 is 19.0 Å². The molecule has 0 aromatic heterocycles. The predicted molar refractivity (Wildman–Crippen MR) is 87.8 cm³/mol. The molecule has 0 aliphatic heterocycles. The summed E-state index contributed by atoms with van der Waals surface area (Å²) in [6.07, 6.45) is 0. The van der Waals surface area contributed by atoms with Gasteiger partial charge in [0, 0.05) is 28.4 Å². The molecule has 0 aliphatic rings. The fraction of sp³-hybridized carbons (Fsp3) is 0.188. The number of amides is 1. The molecule has 2 aromatic rings. The van der Waals surface area contributed by atoms with Crippen molar-refractivity contribution in [3.8, 4) is 17.2 Å². The van der Waals surface area contributed by atoms with E-state index in [-0.39, 0.29) is 12.5 Å². The minimum Gasteiger partial charge on any atom is -0.496 e. The lowest BCUT2D eigenvalue weighted by atomic mass is 10.3. The van der Waals surface area contributed by atoms with Crippen LogP contribution in [0.25, 0.3) is 0 Å². The first-order valence-electron chi connectivity index (χ1n) is 6.52. The maximum atomic E-state index is 11.9. The molecule has 0 atom stereocenters. The van der Waals surface area contributed by atoms with E-state index in [4.69, 9.17) is 14.2 Å². The van der Waals surface area contributed by atoms with Gasteiger partial charge < -0.3 is 19.5 Å². The monoisotopic (exact) mass is 365 g/mol. The van der Waals surface area contributed by atoms with Crippen LogP contribution in [0.2, 0.25) is 0 Å². The number of hydrogen-bond donors (Lipinski definition) is 1. The molecular formula is C16H16BrNO4. The van der Waals surface area contributed by atoms with Crippen molar-refractivity contribution in [3.05, 3.63) is 46.9 Å². The molecule has 2 aromatic carbocycles. The summed E-state index contributed by atoms with van der Waals surface area (Å²) in [5, 5.41) is 2.75. The average Bonchev–Trinajstić information content (AvgIpc) is 2.52. The summed E-state index contributed by atoms with van der Waals surface area (Å²) >= 11 is 3.35. The van der Waals surface area contributed by atoms with Gasteiger partial charge in [-0.2, -0.15) is 0 Å². The van der Waals surface area contributed by atoms with E-state index < -0.39 is 0 Å². The van der Waals surface area contributed by atoms with E-state index in [1.165, 1.54) is 0 Å². The van der Waals surface area contributed by atoms with Crippen LogP contribution in [0, 0.1) is 0 Å². The molecule has 0 saturated heterocycles. The third kappa shape index (κ3) is 4.66. The number of carbonyl (C=O) groups excluding carboxylic acids is 1. The molecule has 1 N–H and O–H groups in total. The third-order valence-corrected chi connectivity index (χ3v) is 3.30. The fourth-order valence-corrected chi connectivity index (χ4v) is 2.18. The first-order chi connectivity index (χ1) is 10.6. The quantitative estimate of drug-likeness (QED) is 0.851. The van der Waals surface area contributed by atoms with Crippen molar-refractivity contribution in [2.24, 2.45) is 0 Å². The Morgan fingerprint density at radius 1 is 1.05 bits per heavy atom. The van der Waals surface area contributed by atoms with Crippen LogP contribution < -0.4 is 19.5 Å². The lowest BCUT2D eigenvalue weighted by molar-refractivity contribution is -0.118. The number of carbonyl (C=O) groups is 1. The van der Waals surface area contributed by atoms with Gasteiger partial charge in [-0.3, -0.25) is 4.79 Å². The van der Waals surface area contributed by atoms with Crippen LogP contribution >= 0.6 is 15.9 Å². The van der Waals surface area contributed by atoms with Crippen molar-refractivity contribution in [1.29, 1.82) is 0 Å². The smallest absolute Gasteiger partial charge is 0.262 e. The molecule has 6 heteroatoms. The number of anilines is 1. The molecule has 0 spiro atoms. The molecule has 1 amide bonds. The molecule has 0 bridgehead atoms. The highest BCUT2D eigenvalue weighted by Gasteiger charge is 2.07. The molecule has 116 valence electrons. The lowest BCUT2D eigenvalue weighted by Gasteiger charge is -2.10. The van der Waals surface area contributed by atoms with Gasteiger partial charge in [-0.25, -0.2) is 0 Å². The SMILES string of the molecule is COc1cc(OC)cc(OCC(=O)Nc2cccc(Br)c2)c1. The van der Waals surface area contributed by atoms with Crippen LogP contribution in [0.3, 0.4) is 0 Å². The third-order valence-electron chi connectivity index (χ3n) is 2.80. The van der Waals surface area contributed by atoms with Gasteiger partial charge >= 0.3 is 0 Å². The largest absolute Gasteiger partial charge is 0.496 e. The Balaban J connectivity index is 1.96. The molecule has 0 saturated carbocycles. The summed E-state index contributed by atoms with van der Waals surface area (Å²) in [6, 6.07) is 12.4. The molecular weight excluding hydrogens is 350 g/mol. The van der Waals surface area contributed by atoms with E-state index in [1.807, 2.05) is 18.2 Å². The standard InChI is InChI=1S/C16H16BrNO4/c1-20-13-7-14(21-2)9-15(8-13)22-10-16(19)18-12-5-3-4-11(17)6-12/h3-9H,10H2,1-2H3,(H,18,19). The number of halogens is 1. The zero-order chi connectivity index (χ0) is 15.9. The van der Waals surface area contributed by atoms with E-state index in [9.17, 15) is 4.79 Å². The maximum absolute atomic E-state index is 11.9. The van der Waals surface area contributed by atoms with Gasteiger partial charge in [-0.1, -0.05) is 22.0 Å². The second kappa shape index (κ2) is 7.70. The van der Waals surface area contributed by atoms with E-state index >= 15 is 0 Å². The Morgan fingerprint density at radius 3 is 2.27 bits per heavy atom. The van der Waals surface area contributed by atoms with Gasteiger partial charge in [0.1, 0.15) is 17.2 Å². The van der Waals surface area contributed by atoms with E-state index in [2.05, 4.69) is 21.2 Å². The zero-order valence-corrected chi connectivity index (χ0v) is 13.8. The number of rotatable bonds is 6. The highest BCUT2D eigenvalue weighted by molar-refractivity contribution is 9.10. The normalized spacial score (nSPS) is 9.95. The predicted octanol–water partition coefficient (Wildman–Crippen LogP) is 3.48. The summed E-state index contributed by atoms with van der Waals surface area (Å²) in [5.41, 5.74) is 0.700. The number of methoxy groups -OCH3 is 2. The Labute approximate surface area is 137 Å². The highest BCUT2D eigenvalue weighted by atomic mass is 79.9. The Hall–Kier alpha value is -2.21. The van der Waals surface area contributed by atoms with Crippen LogP contribution in [0.15, 0.2) is 46.9 Å². The minimum absolute atomic E-state index is 0.108. The van der Waals surface area contributed by atoms with Gasteiger partial charge in [0.05, 0.1) is 14.2 Å². The second-order valence-corrected chi connectivity index (χ2v) is 5.31. The van der Waals surface area contributed by atoms with Crippen molar-refractivity contribution in [2.75, 3.05) is 26.1 Å². The van der Waals surface area contributed by atoms with Crippen LogP contribution in [-0.2, 0) is 4.79 Å². The lowest BCUT2D eigenvalue weighted by Crippen LogP contribution is -2.20. The fourth-order valence-electron chi connectivity index (χ4n) is 1.78. The summed E-state index contributed by atoms with van der Waals surface area (Å²) in [6.45, 7) is -0.108. The van der Waals surface area contributed by atoms with Crippen molar-refractivity contribution in [3.63, 3.8) is 0 Å². The van der Waals surface area contributed by atoms with Gasteiger partial charge in [0.2, 0.25) is 0 Å². The topological polar surface area (TPSA) is 56.8 Å². The van der Waals surface area contributed by atoms with Gasteiger partial charge in [0.15, 0.2) is 6.61 Å². The highest BCUT2D eigenvalue weighted by Crippen LogP contribution is 2.27. The summed E-state index contributed by atoms with van der Waals surface area (Å²) in [7, 11) is 3.11. The van der Waals surface area contributed by atoms with E-state index in [0.29, 0.717) is 22.9 Å². The molecule has 5 nitrogen and oxygen atoms in total. The van der Waals surface area contributed by atoms with Crippen LogP contribution in [0.4, 0.5) is 5.69 Å². The molecule has 0 heterocycles. The summed E-state index contributed by atoms with van der Waals surface area (Å²) < 4.78 is 16.7. The molecule has 0 unspecified atom stereocenters. The molecule has 0 radical (unpaired) electrons. The Bertz CT molecular complexity index is 638. The van der Waals surface area contributed by atoms with Crippen LogP contribution in [0.1, 0.15) is 0 Å². The zero-order valence-electron chi connectivity index (χ0n) is 12.3. The summed E-state index contributed by atoms with van der Waals surface area (Å²) in [4.78, 5) is 11.9. The molecule has 0 fully saturated rings. The number of ether oxygens (including phenoxy) is 3. The molecule has 0 aliphatic carbocycles. The first kappa shape index (κ1) is 16.2. The summed E-state index contributed by atoms with van der Waals surface area (Å²) in [5.74, 6) is 1.45. The van der Waals surface area contributed by atoms with Crippen LogP contribution in [0.5, 0.6) is 17.2 Å². The Morgan fingerprint density at radius 2 is 1.68 bits per heavy atom. The van der Waals surface area contributed by atoms with Crippen LogP contribution in [-0.4, -0.2) is 26.7 Å². The number of hydrogen-bond acceptors (Lipinski definition) is 4. The maximum Gasteiger partial charge on any atom is 0.262 e. The van der Waals surface area contributed by atoms with E-state index in [0.717, 1.165) is 4.47 Å². The second-order valence-electron chi connectivity index (χ2n) is 4.40. The van der Waals surface area contributed by atoms with Gasteiger partial charge in [0.25, 0.3) is 5.91 Å². The first-order valence-corrected chi connectivity index (χ1v) is 7.31. The van der Waals surface area contributed by atoms with Crippen molar-refractivity contribution in [2.45, 2.75) is 0 Å². The molecule has 2 rings (SSSR count). The number of benzene rings is 2. The number of nitrogens with one attached hydrogen (secondary N) is 1. The molecule has 22 heavy (non-hydrogen) atoms. The van der Waals surface area contributed by atoms with Gasteiger partial charge in [-0.15, -0.1) is 0 Å².